The van der Waals surface area contributed by atoms with E-state index in [-0.39, 0.29) is 0 Å². The van der Waals surface area contributed by atoms with Crippen molar-refractivity contribution in [3.63, 3.8) is 0 Å². The van der Waals surface area contributed by atoms with Gasteiger partial charge in [-0.25, -0.2) is 4.79 Å². The third kappa shape index (κ3) is 6.38. The summed E-state index contributed by atoms with van der Waals surface area (Å²) in [5.41, 5.74) is 1.81. The van der Waals surface area contributed by atoms with Gasteiger partial charge in [0.05, 0.1) is 6.61 Å². The molecule has 0 radical (unpaired) electrons. The lowest BCUT2D eigenvalue weighted by Crippen LogP contribution is -2.10. The lowest BCUT2D eigenvalue weighted by Gasteiger charge is -2.11. The second kappa shape index (κ2) is 8.38. The highest BCUT2D eigenvalue weighted by Gasteiger charge is 2.02. The van der Waals surface area contributed by atoms with Crippen molar-refractivity contribution in [2.45, 2.75) is 20.8 Å². The summed E-state index contributed by atoms with van der Waals surface area (Å²) in [5, 5.41) is 8.69. The molecule has 20 heavy (non-hydrogen) atoms. The molecule has 0 saturated carbocycles. The summed E-state index contributed by atoms with van der Waals surface area (Å²) in [6.07, 6.45) is 2.65. The van der Waals surface area contributed by atoms with Crippen LogP contribution in [0.2, 0.25) is 0 Å². The number of aryl methyl sites for hydroxylation is 1. The minimum Gasteiger partial charge on any atom is -0.491 e. The zero-order valence-corrected chi connectivity index (χ0v) is 12.3. The Bertz CT molecular complexity index is 464. The summed E-state index contributed by atoms with van der Waals surface area (Å²) in [6.45, 7) is 7.82. The summed E-state index contributed by atoms with van der Waals surface area (Å²) in [7, 11) is 0. The molecule has 0 atom stereocenters. The Hall–Kier alpha value is -1.81. The van der Waals surface area contributed by atoms with Crippen LogP contribution in [0, 0.1) is 12.8 Å². The molecular formula is C16H22O4. The van der Waals surface area contributed by atoms with Crippen LogP contribution in [0.25, 0.3) is 6.08 Å². The number of benzene rings is 1. The lowest BCUT2D eigenvalue weighted by molar-refractivity contribution is -0.131. The summed E-state index contributed by atoms with van der Waals surface area (Å²) in [5.74, 6) is 0.197. The maximum Gasteiger partial charge on any atom is 0.328 e. The molecule has 0 amide bonds. The number of hydrogen-bond acceptors (Lipinski definition) is 3. The van der Waals surface area contributed by atoms with Crippen molar-refractivity contribution in [3.05, 3.63) is 35.4 Å². The number of aliphatic carboxylic acids is 1. The molecule has 0 fully saturated rings. The molecule has 1 aromatic carbocycles. The van der Waals surface area contributed by atoms with Gasteiger partial charge in [-0.1, -0.05) is 25.5 Å². The van der Waals surface area contributed by atoms with Crippen LogP contribution in [0.4, 0.5) is 0 Å². The Morgan fingerprint density at radius 2 is 2.10 bits per heavy atom. The highest BCUT2D eigenvalue weighted by Crippen LogP contribution is 2.21. The van der Waals surface area contributed by atoms with E-state index in [1.165, 1.54) is 0 Å². The van der Waals surface area contributed by atoms with Gasteiger partial charge in [-0.05, 0) is 31.1 Å². The fourth-order valence-corrected chi connectivity index (χ4v) is 1.62. The topological polar surface area (TPSA) is 55.8 Å². The maximum atomic E-state index is 10.6. The van der Waals surface area contributed by atoms with Crippen molar-refractivity contribution < 1.29 is 19.4 Å². The Balaban J connectivity index is 2.58. The number of ether oxygens (including phenoxy) is 2. The molecule has 4 heteroatoms. The minimum absolute atomic E-state index is 0.448. The van der Waals surface area contributed by atoms with Crippen LogP contribution in [0.5, 0.6) is 5.75 Å². The van der Waals surface area contributed by atoms with Gasteiger partial charge in [0.25, 0.3) is 0 Å². The highest BCUT2D eigenvalue weighted by molar-refractivity contribution is 5.85. The molecule has 0 aliphatic heterocycles. The van der Waals surface area contributed by atoms with Gasteiger partial charge in [-0.15, -0.1) is 0 Å². The van der Waals surface area contributed by atoms with E-state index in [9.17, 15) is 4.79 Å². The van der Waals surface area contributed by atoms with Crippen LogP contribution in [0.15, 0.2) is 24.3 Å². The summed E-state index contributed by atoms with van der Waals surface area (Å²) >= 11 is 0. The summed E-state index contributed by atoms with van der Waals surface area (Å²) in [6, 6.07) is 5.67. The molecule has 0 aromatic heterocycles. The SMILES string of the molecule is Cc1ccc(OCCOCC(C)C)c(/C=C/C(=O)O)c1. The molecule has 0 spiro atoms. The van der Waals surface area contributed by atoms with Gasteiger partial charge in [0.1, 0.15) is 12.4 Å². The van der Waals surface area contributed by atoms with Crippen molar-refractivity contribution in [2.75, 3.05) is 19.8 Å². The van der Waals surface area contributed by atoms with E-state index < -0.39 is 5.97 Å². The number of carbonyl (C=O) groups is 1. The number of carboxylic acids is 1. The molecule has 1 N–H and O–H groups in total. The van der Waals surface area contributed by atoms with Crippen molar-refractivity contribution in [3.8, 4) is 5.75 Å². The molecule has 0 saturated heterocycles. The van der Waals surface area contributed by atoms with Gasteiger partial charge in [-0.3, -0.25) is 0 Å². The predicted octanol–water partition coefficient (Wildman–Crippen LogP) is 3.14. The third-order valence-corrected chi connectivity index (χ3v) is 2.51. The number of rotatable bonds is 8. The quantitative estimate of drug-likeness (QED) is 0.586. The van der Waals surface area contributed by atoms with Crippen molar-refractivity contribution in [1.29, 1.82) is 0 Å². The van der Waals surface area contributed by atoms with E-state index >= 15 is 0 Å². The van der Waals surface area contributed by atoms with Crippen LogP contribution in [-0.2, 0) is 9.53 Å². The smallest absolute Gasteiger partial charge is 0.328 e. The normalized spacial score (nSPS) is 11.2. The van der Waals surface area contributed by atoms with E-state index in [2.05, 4.69) is 13.8 Å². The average molecular weight is 278 g/mol. The first kappa shape index (κ1) is 16.2. The molecule has 1 aromatic rings. The fourth-order valence-electron chi connectivity index (χ4n) is 1.62. The monoisotopic (exact) mass is 278 g/mol. The van der Waals surface area contributed by atoms with Crippen LogP contribution in [-0.4, -0.2) is 30.9 Å². The highest BCUT2D eigenvalue weighted by atomic mass is 16.5. The van der Waals surface area contributed by atoms with Gasteiger partial charge < -0.3 is 14.6 Å². The van der Waals surface area contributed by atoms with E-state index in [1.807, 2.05) is 25.1 Å². The van der Waals surface area contributed by atoms with Gasteiger partial charge in [0.15, 0.2) is 0 Å². The van der Waals surface area contributed by atoms with Crippen LogP contribution in [0.3, 0.4) is 0 Å². The predicted molar refractivity (Wildman–Crippen MR) is 79.0 cm³/mol. The Morgan fingerprint density at radius 3 is 2.75 bits per heavy atom. The molecule has 4 nitrogen and oxygen atoms in total. The van der Waals surface area contributed by atoms with E-state index in [0.29, 0.717) is 31.5 Å². The van der Waals surface area contributed by atoms with Crippen LogP contribution >= 0.6 is 0 Å². The Kier molecular flexibility index (Phi) is 6.81. The molecule has 0 aliphatic carbocycles. The molecule has 0 aliphatic rings. The number of carboxylic acid groups (broad SMARTS) is 1. The molecule has 1 rings (SSSR count). The maximum absolute atomic E-state index is 10.6. The Morgan fingerprint density at radius 1 is 1.35 bits per heavy atom. The van der Waals surface area contributed by atoms with Gasteiger partial charge in [0, 0.05) is 18.2 Å². The summed E-state index contributed by atoms with van der Waals surface area (Å²) < 4.78 is 11.1. The van der Waals surface area contributed by atoms with E-state index in [4.69, 9.17) is 14.6 Å². The van der Waals surface area contributed by atoms with Crippen molar-refractivity contribution >= 4 is 12.0 Å². The Labute approximate surface area is 120 Å². The fraction of sp³-hybridized carbons (Fsp3) is 0.438. The molecule has 0 heterocycles. The van der Waals surface area contributed by atoms with Crippen molar-refractivity contribution in [1.82, 2.24) is 0 Å². The minimum atomic E-state index is -0.974. The van der Waals surface area contributed by atoms with Gasteiger partial charge >= 0.3 is 5.97 Å². The lowest BCUT2D eigenvalue weighted by atomic mass is 10.1. The van der Waals surface area contributed by atoms with Crippen LogP contribution < -0.4 is 4.74 Å². The molecule has 0 unspecified atom stereocenters. The summed E-state index contributed by atoms with van der Waals surface area (Å²) in [4.78, 5) is 10.6. The zero-order chi connectivity index (χ0) is 15.0. The number of hydrogen-bond donors (Lipinski definition) is 1. The van der Waals surface area contributed by atoms with E-state index in [0.717, 1.165) is 17.2 Å². The first-order valence-electron chi connectivity index (χ1n) is 6.71. The molecule has 0 bridgehead atoms. The first-order chi connectivity index (χ1) is 9.49. The largest absolute Gasteiger partial charge is 0.491 e. The standard InChI is InChI=1S/C16H22O4/c1-12(2)11-19-8-9-20-15-6-4-13(3)10-14(15)5-7-16(17)18/h4-7,10,12H,8-9,11H2,1-3H3,(H,17,18)/b7-5+. The van der Waals surface area contributed by atoms with Gasteiger partial charge in [0.2, 0.25) is 0 Å². The molecule has 110 valence electrons. The van der Waals surface area contributed by atoms with Crippen molar-refractivity contribution in [2.24, 2.45) is 5.92 Å². The average Bonchev–Trinajstić information content (AvgIpc) is 2.37. The third-order valence-electron chi connectivity index (χ3n) is 2.51. The van der Waals surface area contributed by atoms with Crippen LogP contribution in [0.1, 0.15) is 25.0 Å². The second-order valence-corrected chi connectivity index (χ2v) is 5.03. The second-order valence-electron chi connectivity index (χ2n) is 5.03. The molecular weight excluding hydrogens is 256 g/mol. The zero-order valence-electron chi connectivity index (χ0n) is 12.3. The first-order valence-corrected chi connectivity index (χ1v) is 6.71. The van der Waals surface area contributed by atoms with E-state index in [1.54, 1.807) is 6.08 Å². The van der Waals surface area contributed by atoms with Gasteiger partial charge in [-0.2, -0.15) is 0 Å².